The lowest BCUT2D eigenvalue weighted by atomic mass is 9.71. The molecule has 5 heteroatoms. The molecule has 0 aromatic heterocycles. The molecule has 0 radical (unpaired) electrons. The number of nitrogens with zero attached hydrogens (tertiary/aromatic N) is 1. The molecule has 0 spiro atoms. The summed E-state index contributed by atoms with van der Waals surface area (Å²) >= 11 is 0. The number of ether oxygens (including phenoxy) is 2. The van der Waals surface area contributed by atoms with Gasteiger partial charge < -0.3 is 14.4 Å². The molecule has 204 valence electrons. The van der Waals surface area contributed by atoms with Gasteiger partial charge in [0.25, 0.3) is 0 Å². The second kappa shape index (κ2) is 11.2. The Morgan fingerprint density at radius 1 is 0.750 bits per heavy atom. The van der Waals surface area contributed by atoms with Gasteiger partial charge in [0.05, 0.1) is 7.11 Å². The van der Waals surface area contributed by atoms with Gasteiger partial charge in [-0.2, -0.15) is 0 Å². The first-order valence-electron chi connectivity index (χ1n) is 14.2. The number of allylic oxidation sites excluding steroid dienone is 4. The van der Waals surface area contributed by atoms with Gasteiger partial charge in [-0.15, -0.1) is 0 Å². The lowest BCUT2D eigenvalue weighted by Crippen LogP contribution is -2.38. The topological polar surface area (TPSA) is 55.8 Å². The largest absolute Gasteiger partial charge is 0.493 e. The molecule has 0 saturated carbocycles. The average Bonchev–Trinajstić information content (AvgIpc) is 2.97. The van der Waals surface area contributed by atoms with E-state index in [4.69, 9.17) is 9.47 Å². The summed E-state index contributed by atoms with van der Waals surface area (Å²) in [5.74, 6) is 1.16. The van der Waals surface area contributed by atoms with Crippen molar-refractivity contribution in [2.75, 3.05) is 7.11 Å². The number of benzene rings is 3. The van der Waals surface area contributed by atoms with Gasteiger partial charge in [0, 0.05) is 47.8 Å². The van der Waals surface area contributed by atoms with Gasteiger partial charge in [-0.05, 0) is 61.4 Å². The number of rotatable bonds is 7. The molecule has 0 unspecified atom stereocenters. The van der Waals surface area contributed by atoms with E-state index in [0.29, 0.717) is 37.5 Å². The van der Waals surface area contributed by atoms with Crippen LogP contribution in [0.25, 0.3) is 0 Å². The first kappa shape index (κ1) is 26.1. The third-order valence-electron chi connectivity index (χ3n) is 8.27. The van der Waals surface area contributed by atoms with Crippen molar-refractivity contribution < 1.29 is 19.1 Å². The Morgan fingerprint density at radius 2 is 1.43 bits per heavy atom. The highest BCUT2D eigenvalue weighted by atomic mass is 16.5. The maximum atomic E-state index is 13.6. The average molecular weight is 534 g/mol. The van der Waals surface area contributed by atoms with Crippen molar-refractivity contribution in [1.82, 2.24) is 4.90 Å². The van der Waals surface area contributed by atoms with Crippen molar-refractivity contribution >= 4 is 11.6 Å². The van der Waals surface area contributed by atoms with Crippen LogP contribution in [0.15, 0.2) is 95.3 Å². The zero-order valence-corrected chi connectivity index (χ0v) is 23.2. The number of hydrogen-bond acceptors (Lipinski definition) is 5. The van der Waals surface area contributed by atoms with E-state index in [0.717, 1.165) is 59.4 Å². The number of methoxy groups -OCH3 is 1. The number of ketones is 2. The molecule has 2 aliphatic carbocycles. The van der Waals surface area contributed by atoms with Gasteiger partial charge in [-0.25, -0.2) is 0 Å². The predicted molar refractivity (Wildman–Crippen MR) is 155 cm³/mol. The minimum Gasteiger partial charge on any atom is -0.493 e. The van der Waals surface area contributed by atoms with Gasteiger partial charge in [-0.1, -0.05) is 66.2 Å². The van der Waals surface area contributed by atoms with Gasteiger partial charge in [-0.3, -0.25) is 9.59 Å². The third-order valence-corrected chi connectivity index (χ3v) is 8.27. The first-order valence-corrected chi connectivity index (χ1v) is 14.2. The molecule has 6 rings (SSSR count). The Bertz CT molecular complexity index is 1470. The van der Waals surface area contributed by atoms with Crippen molar-refractivity contribution in [1.29, 1.82) is 0 Å². The van der Waals surface area contributed by atoms with Crippen LogP contribution in [0.3, 0.4) is 0 Å². The minimum absolute atomic E-state index is 0.146. The van der Waals surface area contributed by atoms with Crippen LogP contribution in [0.2, 0.25) is 0 Å². The zero-order valence-electron chi connectivity index (χ0n) is 23.2. The summed E-state index contributed by atoms with van der Waals surface area (Å²) in [6.45, 7) is 3.16. The second-order valence-electron chi connectivity index (χ2n) is 11.0. The summed E-state index contributed by atoms with van der Waals surface area (Å²) < 4.78 is 11.9. The predicted octanol–water partition coefficient (Wildman–Crippen LogP) is 7.20. The molecule has 40 heavy (non-hydrogen) atoms. The number of Topliss-reactive ketones (excluding diaryl/α,β-unsaturated/α-hetero) is 2. The number of hydrogen-bond donors (Lipinski definition) is 0. The van der Waals surface area contributed by atoms with Crippen molar-refractivity contribution in [2.24, 2.45) is 0 Å². The zero-order chi connectivity index (χ0) is 27.6. The molecule has 5 nitrogen and oxygen atoms in total. The molecular formula is C35H35NO4. The fraction of sp³-hybridized carbons (Fsp3) is 0.314. The standard InChI is InChI=1S/C35H35NO4/c1-23-9-6-12-25(19-23)22-40-31-18-17-26(20-32(31)39-2)33-34-27(13-7-15-29(34)37)36(21-24-10-4-3-5-11-24)28-14-8-16-30(38)35(28)33/h3-6,9-12,17-20,33H,7-8,13-16,21-22H2,1-2H3. The molecule has 0 N–H and O–H groups in total. The summed E-state index contributed by atoms with van der Waals surface area (Å²) in [6, 6.07) is 24.4. The molecule has 0 bridgehead atoms. The Balaban J connectivity index is 1.41. The van der Waals surface area contributed by atoms with Crippen LogP contribution < -0.4 is 9.47 Å². The second-order valence-corrected chi connectivity index (χ2v) is 11.0. The Kier molecular flexibility index (Phi) is 7.29. The van der Waals surface area contributed by atoms with Gasteiger partial charge in [0.1, 0.15) is 6.61 Å². The van der Waals surface area contributed by atoms with Gasteiger partial charge in [0.2, 0.25) is 0 Å². The Hall–Kier alpha value is -4.12. The summed E-state index contributed by atoms with van der Waals surface area (Å²) in [6.07, 6.45) is 4.37. The van der Waals surface area contributed by atoms with Crippen LogP contribution in [0.5, 0.6) is 11.5 Å². The highest BCUT2D eigenvalue weighted by Crippen LogP contribution is 2.50. The maximum absolute atomic E-state index is 13.6. The normalized spacial score (nSPS) is 17.6. The van der Waals surface area contributed by atoms with Crippen molar-refractivity contribution in [3.05, 3.63) is 118 Å². The lowest BCUT2D eigenvalue weighted by Gasteiger charge is -2.44. The fourth-order valence-electron chi connectivity index (χ4n) is 6.45. The minimum atomic E-state index is -0.377. The molecule has 1 heterocycles. The van der Waals surface area contributed by atoms with Gasteiger partial charge >= 0.3 is 0 Å². The molecule has 0 fully saturated rings. The van der Waals surface area contributed by atoms with Crippen molar-refractivity contribution in [3.63, 3.8) is 0 Å². The van der Waals surface area contributed by atoms with E-state index in [-0.39, 0.29) is 17.5 Å². The molecule has 3 aromatic rings. The molecule has 0 amide bonds. The Morgan fingerprint density at radius 3 is 2.08 bits per heavy atom. The Labute approximate surface area is 236 Å². The summed E-state index contributed by atoms with van der Waals surface area (Å²) in [5.41, 5.74) is 8.08. The molecule has 0 atom stereocenters. The van der Waals surface area contributed by atoms with Crippen LogP contribution in [0, 0.1) is 6.92 Å². The van der Waals surface area contributed by atoms with E-state index in [1.165, 1.54) is 11.1 Å². The highest BCUT2D eigenvalue weighted by Gasteiger charge is 2.43. The van der Waals surface area contributed by atoms with E-state index < -0.39 is 0 Å². The lowest BCUT2D eigenvalue weighted by molar-refractivity contribution is -0.117. The van der Waals surface area contributed by atoms with Gasteiger partial charge in [0.15, 0.2) is 23.1 Å². The number of aryl methyl sites for hydroxylation is 1. The molecule has 0 saturated heterocycles. The molecular weight excluding hydrogens is 498 g/mol. The molecule has 3 aliphatic rings. The fourth-order valence-corrected chi connectivity index (χ4v) is 6.45. The SMILES string of the molecule is COc1cc(C2C3=C(CCCC3=O)N(Cc3ccccc3)C3=C2C(=O)CCC3)ccc1OCc1cccc(C)c1. The monoisotopic (exact) mass is 533 g/mol. The number of carbonyl (C=O) groups excluding carboxylic acids is 2. The summed E-state index contributed by atoms with van der Waals surface area (Å²) in [7, 11) is 1.63. The smallest absolute Gasteiger partial charge is 0.161 e. The molecule has 1 aliphatic heterocycles. The van der Waals surface area contributed by atoms with E-state index in [1.54, 1.807) is 7.11 Å². The summed E-state index contributed by atoms with van der Waals surface area (Å²) in [4.78, 5) is 29.5. The van der Waals surface area contributed by atoms with E-state index in [1.807, 2.05) is 48.5 Å². The van der Waals surface area contributed by atoms with Crippen molar-refractivity contribution in [3.8, 4) is 11.5 Å². The maximum Gasteiger partial charge on any atom is 0.161 e. The first-order chi connectivity index (χ1) is 19.5. The van der Waals surface area contributed by atoms with E-state index in [9.17, 15) is 9.59 Å². The molecule has 3 aromatic carbocycles. The number of carbonyl (C=O) groups is 2. The van der Waals surface area contributed by atoms with Crippen LogP contribution in [0.4, 0.5) is 0 Å². The van der Waals surface area contributed by atoms with Crippen LogP contribution in [0.1, 0.15) is 66.7 Å². The van der Waals surface area contributed by atoms with E-state index >= 15 is 0 Å². The quantitative estimate of drug-likeness (QED) is 0.322. The highest BCUT2D eigenvalue weighted by molar-refractivity contribution is 6.06. The van der Waals surface area contributed by atoms with E-state index in [2.05, 4.69) is 36.1 Å². The van der Waals surface area contributed by atoms with Crippen molar-refractivity contribution in [2.45, 2.75) is 64.5 Å². The van der Waals surface area contributed by atoms with Crippen LogP contribution in [-0.2, 0) is 22.7 Å². The van der Waals surface area contributed by atoms with Crippen LogP contribution >= 0.6 is 0 Å². The third kappa shape index (κ3) is 4.97. The van der Waals surface area contributed by atoms with Crippen LogP contribution in [-0.4, -0.2) is 23.6 Å². The summed E-state index contributed by atoms with van der Waals surface area (Å²) in [5, 5.41) is 0.